The highest BCUT2D eigenvalue weighted by Crippen LogP contribution is 2.32. The number of hydrogen-bond donors (Lipinski definition) is 1. The zero-order valence-corrected chi connectivity index (χ0v) is 15.3. The average molecular weight is 360 g/mol. The number of aromatic nitrogens is 1. The second-order valence-corrected chi connectivity index (χ2v) is 7.12. The largest absolute Gasteiger partial charge is 0.487 e. The Hall–Kier alpha value is -2.69. The minimum Gasteiger partial charge on any atom is -0.487 e. The number of aliphatic hydroxyl groups is 1. The predicted octanol–water partition coefficient (Wildman–Crippen LogP) is 3.75. The Bertz CT molecular complexity index is 870. The third kappa shape index (κ3) is 4.35. The van der Waals surface area contributed by atoms with E-state index in [1.165, 1.54) is 5.56 Å². The van der Waals surface area contributed by atoms with Crippen molar-refractivity contribution in [2.24, 2.45) is 0 Å². The fourth-order valence-corrected chi connectivity index (χ4v) is 3.62. The van der Waals surface area contributed by atoms with E-state index in [4.69, 9.17) is 4.74 Å². The zero-order valence-electron chi connectivity index (χ0n) is 15.3. The lowest BCUT2D eigenvalue weighted by atomic mass is 9.93. The third-order valence-corrected chi connectivity index (χ3v) is 5.06. The highest BCUT2D eigenvalue weighted by molar-refractivity contribution is 5.29. The van der Waals surface area contributed by atoms with Crippen LogP contribution < -0.4 is 4.74 Å². The van der Waals surface area contributed by atoms with Gasteiger partial charge in [-0.05, 0) is 41.8 Å². The normalized spacial score (nSPS) is 19.9. The molecule has 0 aliphatic carbocycles. The van der Waals surface area contributed by atoms with Crippen molar-refractivity contribution in [1.29, 1.82) is 0 Å². The van der Waals surface area contributed by atoms with Crippen molar-refractivity contribution >= 4 is 0 Å². The van der Waals surface area contributed by atoms with E-state index in [9.17, 15) is 5.11 Å². The highest BCUT2D eigenvalue weighted by atomic mass is 16.5. The van der Waals surface area contributed by atoms with E-state index in [2.05, 4.69) is 22.0 Å². The van der Waals surface area contributed by atoms with Gasteiger partial charge in [-0.2, -0.15) is 0 Å². The van der Waals surface area contributed by atoms with Crippen molar-refractivity contribution in [2.75, 3.05) is 13.1 Å². The van der Waals surface area contributed by atoms with Gasteiger partial charge in [-0.15, -0.1) is 0 Å². The summed E-state index contributed by atoms with van der Waals surface area (Å²) < 4.78 is 5.88. The first-order chi connectivity index (χ1) is 13.2. The molecule has 0 bridgehead atoms. The molecule has 1 N–H and O–H groups in total. The first-order valence-corrected chi connectivity index (χ1v) is 9.33. The molecule has 1 aromatic heterocycles. The van der Waals surface area contributed by atoms with Crippen LogP contribution in [0.3, 0.4) is 0 Å². The van der Waals surface area contributed by atoms with Crippen molar-refractivity contribution in [3.63, 3.8) is 0 Å². The molecule has 0 amide bonds. The molecule has 0 spiro atoms. The van der Waals surface area contributed by atoms with Crippen LogP contribution >= 0.6 is 0 Å². The molecule has 4 nitrogen and oxygen atoms in total. The molecule has 1 fully saturated rings. The Labute approximate surface area is 160 Å². The highest BCUT2D eigenvalue weighted by Gasteiger charge is 2.37. The molecule has 3 aromatic rings. The Morgan fingerprint density at radius 2 is 1.85 bits per heavy atom. The second kappa shape index (κ2) is 7.91. The maximum absolute atomic E-state index is 11.0. The Balaban J connectivity index is 1.37. The van der Waals surface area contributed by atoms with Gasteiger partial charge in [0.15, 0.2) is 0 Å². The summed E-state index contributed by atoms with van der Waals surface area (Å²) in [4.78, 5) is 6.58. The van der Waals surface area contributed by atoms with E-state index >= 15 is 0 Å². The van der Waals surface area contributed by atoms with Gasteiger partial charge < -0.3 is 9.84 Å². The van der Waals surface area contributed by atoms with Crippen LogP contribution in [-0.2, 0) is 18.8 Å². The number of rotatable bonds is 6. The quantitative estimate of drug-likeness (QED) is 0.727. The Morgan fingerprint density at radius 1 is 1.00 bits per heavy atom. The van der Waals surface area contributed by atoms with Crippen LogP contribution in [0.25, 0.3) is 0 Å². The lowest BCUT2D eigenvalue weighted by Crippen LogP contribution is -2.30. The summed E-state index contributed by atoms with van der Waals surface area (Å²) in [5, 5.41) is 11.0. The summed E-state index contributed by atoms with van der Waals surface area (Å²) in [6, 6.07) is 24.0. The summed E-state index contributed by atoms with van der Waals surface area (Å²) >= 11 is 0. The molecule has 1 unspecified atom stereocenters. The molecule has 138 valence electrons. The van der Waals surface area contributed by atoms with Gasteiger partial charge >= 0.3 is 0 Å². The molecule has 1 aliphatic rings. The van der Waals surface area contributed by atoms with Gasteiger partial charge in [-0.3, -0.25) is 9.88 Å². The molecule has 4 rings (SSSR count). The maximum atomic E-state index is 11.0. The number of likely N-dealkylation sites (tertiary alicyclic amines) is 1. The number of pyridine rings is 1. The van der Waals surface area contributed by atoms with Gasteiger partial charge in [-0.25, -0.2) is 0 Å². The van der Waals surface area contributed by atoms with Gasteiger partial charge in [-0.1, -0.05) is 48.5 Å². The van der Waals surface area contributed by atoms with Crippen LogP contribution in [0.15, 0.2) is 79.0 Å². The minimum atomic E-state index is -0.756. The molecule has 2 aromatic carbocycles. The minimum absolute atomic E-state index is 0.460. The summed E-state index contributed by atoms with van der Waals surface area (Å²) in [7, 11) is 0. The summed E-state index contributed by atoms with van der Waals surface area (Å²) in [6.45, 7) is 2.79. The number of ether oxygens (including phenoxy) is 1. The van der Waals surface area contributed by atoms with Gasteiger partial charge in [0.25, 0.3) is 0 Å². The smallest absolute Gasteiger partial charge is 0.130 e. The molecular formula is C23H24N2O2. The van der Waals surface area contributed by atoms with Crippen LogP contribution in [0.1, 0.15) is 23.2 Å². The van der Waals surface area contributed by atoms with Crippen LogP contribution in [0.2, 0.25) is 0 Å². The number of nitrogens with zero attached hydrogens (tertiary/aromatic N) is 2. The monoisotopic (exact) mass is 360 g/mol. The van der Waals surface area contributed by atoms with Crippen molar-refractivity contribution in [3.05, 3.63) is 95.8 Å². The Kier molecular flexibility index (Phi) is 5.19. The van der Waals surface area contributed by atoms with E-state index in [0.29, 0.717) is 13.2 Å². The molecule has 0 radical (unpaired) electrons. The van der Waals surface area contributed by atoms with Crippen molar-refractivity contribution in [1.82, 2.24) is 9.88 Å². The van der Waals surface area contributed by atoms with Crippen LogP contribution in [0.5, 0.6) is 5.75 Å². The Morgan fingerprint density at radius 3 is 2.67 bits per heavy atom. The van der Waals surface area contributed by atoms with Crippen LogP contribution in [-0.4, -0.2) is 28.1 Å². The predicted molar refractivity (Wildman–Crippen MR) is 105 cm³/mol. The summed E-state index contributed by atoms with van der Waals surface area (Å²) in [6.07, 6.45) is 2.53. The molecule has 4 heteroatoms. The molecule has 0 saturated carbocycles. The molecule has 2 heterocycles. The molecule has 1 aliphatic heterocycles. The third-order valence-electron chi connectivity index (χ3n) is 5.06. The van der Waals surface area contributed by atoms with Crippen molar-refractivity contribution in [3.8, 4) is 5.75 Å². The SMILES string of the molecule is OC1(c2ccccc2)CCN(Cc2cccc(OCc3ccccn3)c2)C1. The summed E-state index contributed by atoms with van der Waals surface area (Å²) in [5.41, 5.74) is 2.34. The fraction of sp³-hybridized carbons (Fsp3) is 0.261. The van der Waals surface area contributed by atoms with E-state index in [1.54, 1.807) is 6.20 Å². The van der Waals surface area contributed by atoms with Crippen molar-refractivity contribution in [2.45, 2.75) is 25.2 Å². The van der Waals surface area contributed by atoms with Crippen molar-refractivity contribution < 1.29 is 9.84 Å². The first-order valence-electron chi connectivity index (χ1n) is 9.33. The fourth-order valence-electron chi connectivity index (χ4n) is 3.62. The van der Waals surface area contributed by atoms with E-state index in [-0.39, 0.29) is 0 Å². The van der Waals surface area contributed by atoms with Gasteiger partial charge in [0, 0.05) is 25.8 Å². The summed E-state index contributed by atoms with van der Waals surface area (Å²) in [5.74, 6) is 0.843. The van der Waals surface area contributed by atoms with E-state index < -0.39 is 5.60 Å². The maximum Gasteiger partial charge on any atom is 0.130 e. The van der Waals surface area contributed by atoms with Gasteiger partial charge in [0.2, 0.25) is 0 Å². The van der Waals surface area contributed by atoms with E-state index in [0.717, 1.165) is 36.5 Å². The standard InChI is InChI=1S/C23H24N2O2/c26-23(20-8-2-1-3-9-20)12-14-25(18-23)16-19-7-6-11-22(15-19)27-17-21-10-4-5-13-24-21/h1-11,13,15,26H,12,14,16-18H2. The second-order valence-electron chi connectivity index (χ2n) is 7.12. The number of benzene rings is 2. The topological polar surface area (TPSA) is 45.6 Å². The van der Waals surface area contributed by atoms with Crippen LogP contribution in [0, 0.1) is 0 Å². The molecule has 1 atom stereocenters. The number of hydrogen-bond acceptors (Lipinski definition) is 4. The average Bonchev–Trinajstić information content (AvgIpc) is 3.10. The first kappa shape index (κ1) is 17.7. The lowest BCUT2D eigenvalue weighted by Gasteiger charge is -2.24. The molecule has 27 heavy (non-hydrogen) atoms. The molecular weight excluding hydrogens is 336 g/mol. The molecule has 1 saturated heterocycles. The van der Waals surface area contributed by atoms with E-state index in [1.807, 2.05) is 60.7 Å². The van der Waals surface area contributed by atoms with Crippen LogP contribution in [0.4, 0.5) is 0 Å². The zero-order chi connectivity index (χ0) is 18.5. The van der Waals surface area contributed by atoms with Gasteiger partial charge in [0.1, 0.15) is 18.0 Å². The lowest BCUT2D eigenvalue weighted by molar-refractivity contribution is 0.0453. The van der Waals surface area contributed by atoms with Gasteiger partial charge in [0.05, 0.1) is 5.69 Å². The number of β-amino-alcohol motifs (C(OH)–C–C–N with tert-alkyl or cyclic N) is 1.